The molecule has 1 fully saturated rings. The highest BCUT2D eigenvalue weighted by Crippen LogP contribution is 2.44. The van der Waals surface area contributed by atoms with E-state index in [9.17, 15) is 0 Å². The zero-order valence-electron chi connectivity index (χ0n) is 8.74. The molecule has 2 aliphatic carbocycles. The van der Waals surface area contributed by atoms with Crippen molar-refractivity contribution in [3.8, 4) is 0 Å². The Kier molecular flexibility index (Phi) is 2.32. The summed E-state index contributed by atoms with van der Waals surface area (Å²) in [6.07, 6.45) is 10.2. The number of allylic oxidation sites excluding steroid dienone is 3. The predicted molar refractivity (Wildman–Crippen MR) is 60.5 cm³/mol. The molecule has 1 heteroatoms. The number of hydrogen-bond donors (Lipinski definition) is 0. The molecule has 0 heterocycles. The molecule has 0 aromatic carbocycles. The summed E-state index contributed by atoms with van der Waals surface area (Å²) in [6, 6.07) is 0. The third-order valence-corrected chi connectivity index (χ3v) is 2.94. The van der Waals surface area contributed by atoms with Gasteiger partial charge in [0.05, 0.1) is 0 Å². The molecule has 1 nitrogen and oxygen atoms in total. The van der Waals surface area contributed by atoms with Gasteiger partial charge in [0.2, 0.25) is 0 Å². The lowest BCUT2D eigenvalue weighted by Gasteiger charge is -2.21. The van der Waals surface area contributed by atoms with Crippen molar-refractivity contribution in [3.05, 3.63) is 48.9 Å². The highest BCUT2D eigenvalue weighted by molar-refractivity contribution is 5.32. The van der Waals surface area contributed by atoms with Crippen molar-refractivity contribution in [1.29, 1.82) is 0 Å². The van der Waals surface area contributed by atoms with E-state index in [1.807, 2.05) is 13.1 Å². The van der Waals surface area contributed by atoms with Crippen molar-refractivity contribution >= 4 is 0 Å². The van der Waals surface area contributed by atoms with Crippen LogP contribution in [0.3, 0.4) is 0 Å². The lowest BCUT2D eigenvalue weighted by atomic mass is 10.1. The van der Waals surface area contributed by atoms with E-state index in [1.54, 1.807) is 0 Å². The maximum absolute atomic E-state index is 3.92. The molecular weight excluding hydrogens is 170 g/mol. The predicted octanol–water partition coefficient (Wildman–Crippen LogP) is 3.10. The molecule has 2 atom stereocenters. The second-order valence-electron chi connectivity index (χ2n) is 4.21. The summed E-state index contributed by atoms with van der Waals surface area (Å²) in [4.78, 5) is 2.08. The van der Waals surface area contributed by atoms with Crippen LogP contribution in [0.2, 0.25) is 0 Å². The summed E-state index contributed by atoms with van der Waals surface area (Å²) >= 11 is 0. The number of rotatable bonds is 4. The van der Waals surface area contributed by atoms with Gasteiger partial charge in [0.15, 0.2) is 0 Å². The summed E-state index contributed by atoms with van der Waals surface area (Å²) in [5, 5.41) is 0. The molecule has 74 valence electrons. The van der Waals surface area contributed by atoms with Crippen LogP contribution in [0.1, 0.15) is 13.3 Å². The van der Waals surface area contributed by atoms with Crippen molar-refractivity contribution in [2.75, 3.05) is 6.54 Å². The first kappa shape index (κ1) is 9.32. The summed E-state index contributed by atoms with van der Waals surface area (Å²) in [7, 11) is 0. The van der Waals surface area contributed by atoms with Crippen LogP contribution in [0.5, 0.6) is 0 Å². The van der Waals surface area contributed by atoms with Gasteiger partial charge in [0, 0.05) is 12.2 Å². The van der Waals surface area contributed by atoms with Gasteiger partial charge in [-0.05, 0) is 37.0 Å². The molecule has 0 bridgehead atoms. The molecule has 0 aromatic rings. The highest BCUT2D eigenvalue weighted by atomic mass is 15.1. The molecular formula is C13H17N. The lowest BCUT2D eigenvalue weighted by molar-refractivity contribution is 0.511. The van der Waals surface area contributed by atoms with Crippen molar-refractivity contribution in [3.63, 3.8) is 0 Å². The highest BCUT2D eigenvalue weighted by Gasteiger charge is 2.34. The van der Waals surface area contributed by atoms with Crippen LogP contribution in [0.25, 0.3) is 0 Å². The van der Waals surface area contributed by atoms with Crippen LogP contribution in [-0.2, 0) is 0 Å². The van der Waals surface area contributed by atoms with Crippen LogP contribution in [0.15, 0.2) is 48.9 Å². The van der Waals surface area contributed by atoms with Gasteiger partial charge in [-0.1, -0.05) is 31.4 Å². The average Bonchev–Trinajstić information content (AvgIpc) is 2.91. The van der Waals surface area contributed by atoms with E-state index in [2.05, 4.69) is 36.3 Å². The first-order chi connectivity index (χ1) is 6.70. The molecule has 1 saturated carbocycles. The SMILES string of the molecule is C=CN(CC1=CC2CC2C=C1)C(=C)C. The molecule has 0 aliphatic heterocycles. The monoisotopic (exact) mass is 187 g/mol. The first-order valence-corrected chi connectivity index (χ1v) is 5.14. The van der Waals surface area contributed by atoms with E-state index < -0.39 is 0 Å². The Balaban J connectivity index is 1.99. The lowest BCUT2D eigenvalue weighted by Crippen LogP contribution is -2.17. The maximum Gasteiger partial charge on any atom is 0.0469 e. The second kappa shape index (κ2) is 3.49. The minimum absolute atomic E-state index is 0.826. The van der Waals surface area contributed by atoms with Crippen molar-refractivity contribution in [1.82, 2.24) is 4.90 Å². The van der Waals surface area contributed by atoms with Gasteiger partial charge in [-0.2, -0.15) is 0 Å². The van der Waals surface area contributed by atoms with Gasteiger partial charge in [-0.15, -0.1) is 0 Å². The Morgan fingerprint density at radius 1 is 1.64 bits per heavy atom. The quantitative estimate of drug-likeness (QED) is 0.653. The maximum atomic E-state index is 3.92. The molecule has 2 aliphatic rings. The molecule has 2 rings (SSSR count). The van der Waals surface area contributed by atoms with Gasteiger partial charge in [0.25, 0.3) is 0 Å². The smallest absolute Gasteiger partial charge is 0.0469 e. The zero-order valence-corrected chi connectivity index (χ0v) is 8.74. The van der Waals surface area contributed by atoms with Gasteiger partial charge in [-0.25, -0.2) is 0 Å². The topological polar surface area (TPSA) is 3.24 Å². The second-order valence-corrected chi connectivity index (χ2v) is 4.21. The molecule has 0 aromatic heterocycles. The van der Waals surface area contributed by atoms with Crippen LogP contribution in [-0.4, -0.2) is 11.4 Å². The summed E-state index contributed by atoms with van der Waals surface area (Å²) in [5.74, 6) is 1.67. The Morgan fingerprint density at radius 3 is 3.00 bits per heavy atom. The van der Waals surface area contributed by atoms with E-state index in [0.29, 0.717) is 0 Å². The van der Waals surface area contributed by atoms with E-state index in [-0.39, 0.29) is 0 Å². The minimum atomic E-state index is 0.826. The molecule has 0 N–H and O–H groups in total. The van der Waals surface area contributed by atoms with Crippen molar-refractivity contribution in [2.24, 2.45) is 11.8 Å². The largest absolute Gasteiger partial charge is 0.349 e. The van der Waals surface area contributed by atoms with Crippen LogP contribution in [0, 0.1) is 11.8 Å². The zero-order chi connectivity index (χ0) is 10.1. The Labute approximate surface area is 86.1 Å². The third kappa shape index (κ3) is 1.82. The minimum Gasteiger partial charge on any atom is -0.349 e. The summed E-state index contributed by atoms with van der Waals surface area (Å²) in [6.45, 7) is 10.6. The number of nitrogens with zero attached hydrogens (tertiary/aromatic N) is 1. The van der Waals surface area contributed by atoms with Gasteiger partial charge in [-0.3, -0.25) is 0 Å². The Hall–Kier alpha value is -1.24. The van der Waals surface area contributed by atoms with Crippen molar-refractivity contribution < 1.29 is 0 Å². The summed E-state index contributed by atoms with van der Waals surface area (Å²) in [5.41, 5.74) is 2.44. The molecule has 0 radical (unpaired) electrons. The van der Waals surface area contributed by atoms with E-state index in [0.717, 1.165) is 24.1 Å². The third-order valence-electron chi connectivity index (χ3n) is 2.94. The normalized spacial score (nSPS) is 27.6. The number of fused-ring (bicyclic) bond motifs is 1. The van der Waals surface area contributed by atoms with E-state index >= 15 is 0 Å². The average molecular weight is 187 g/mol. The van der Waals surface area contributed by atoms with Gasteiger partial charge < -0.3 is 4.90 Å². The van der Waals surface area contributed by atoms with Crippen LogP contribution >= 0.6 is 0 Å². The molecule has 0 saturated heterocycles. The molecule has 14 heavy (non-hydrogen) atoms. The first-order valence-electron chi connectivity index (χ1n) is 5.14. The number of hydrogen-bond acceptors (Lipinski definition) is 1. The van der Waals surface area contributed by atoms with E-state index in [4.69, 9.17) is 0 Å². The van der Waals surface area contributed by atoms with Crippen LogP contribution < -0.4 is 0 Å². The van der Waals surface area contributed by atoms with Crippen LogP contribution in [0.4, 0.5) is 0 Å². The standard InChI is InChI=1S/C13H17N/c1-4-14(10(2)3)9-11-5-6-12-8-13(12)7-11/h4-7,12-13H,1-2,8-9H2,3H3. The Morgan fingerprint density at radius 2 is 2.43 bits per heavy atom. The molecule has 0 amide bonds. The molecule has 2 unspecified atom stereocenters. The fourth-order valence-corrected chi connectivity index (χ4v) is 1.88. The Bertz CT molecular complexity index is 322. The fourth-order valence-electron chi connectivity index (χ4n) is 1.88. The van der Waals surface area contributed by atoms with E-state index in [1.165, 1.54) is 12.0 Å². The van der Waals surface area contributed by atoms with Crippen molar-refractivity contribution in [2.45, 2.75) is 13.3 Å². The van der Waals surface area contributed by atoms with Gasteiger partial charge in [0.1, 0.15) is 0 Å². The molecule has 0 spiro atoms. The van der Waals surface area contributed by atoms with Gasteiger partial charge >= 0.3 is 0 Å². The summed E-state index contributed by atoms with van der Waals surface area (Å²) < 4.78 is 0. The fraction of sp³-hybridized carbons (Fsp3) is 0.385.